The summed E-state index contributed by atoms with van der Waals surface area (Å²) in [6.45, 7) is 8.22. The van der Waals surface area contributed by atoms with Crippen molar-refractivity contribution in [3.63, 3.8) is 0 Å². The highest BCUT2D eigenvalue weighted by atomic mass is 16.2. The molecule has 4 heteroatoms. The van der Waals surface area contributed by atoms with Crippen molar-refractivity contribution in [1.82, 2.24) is 10.6 Å². The quantitative estimate of drug-likeness (QED) is 0.649. The summed E-state index contributed by atoms with van der Waals surface area (Å²) in [6.07, 6.45) is 0. The predicted octanol–water partition coefficient (Wildman–Crippen LogP) is 0.326. The number of Topliss-reactive ketones (excluding diaryl/α,β-unsaturated/α-hetero) is 1. The van der Waals surface area contributed by atoms with Gasteiger partial charge in [0.1, 0.15) is 5.78 Å². The van der Waals surface area contributed by atoms with Crippen LogP contribution < -0.4 is 10.6 Å². The van der Waals surface area contributed by atoms with Crippen LogP contribution in [0, 0.1) is 5.92 Å². The van der Waals surface area contributed by atoms with Crippen LogP contribution in [0.25, 0.3) is 0 Å². The molecule has 0 aliphatic heterocycles. The second kappa shape index (κ2) is 6.54. The number of likely N-dealkylation sites (N-methyl/N-ethyl adjacent to an activating group) is 1. The second-order valence-electron chi connectivity index (χ2n) is 3.70. The van der Waals surface area contributed by atoms with Crippen LogP contribution in [0.2, 0.25) is 0 Å². The molecule has 1 atom stereocenters. The van der Waals surface area contributed by atoms with Crippen LogP contribution in [-0.4, -0.2) is 30.8 Å². The van der Waals surface area contributed by atoms with Crippen molar-refractivity contribution >= 4 is 11.7 Å². The molecule has 0 aromatic carbocycles. The fourth-order valence-electron chi connectivity index (χ4n) is 1.17. The number of carbonyl (C=O) groups excluding carboxylic acids is 2. The van der Waals surface area contributed by atoms with Crippen molar-refractivity contribution < 1.29 is 9.59 Å². The Kier molecular flexibility index (Phi) is 6.12. The first-order chi connectivity index (χ1) is 6.49. The van der Waals surface area contributed by atoms with Gasteiger partial charge < -0.3 is 10.6 Å². The van der Waals surface area contributed by atoms with E-state index in [0.717, 1.165) is 6.54 Å². The molecule has 1 unspecified atom stereocenters. The fourth-order valence-corrected chi connectivity index (χ4v) is 1.17. The van der Waals surface area contributed by atoms with Gasteiger partial charge in [-0.05, 0) is 19.4 Å². The predicted molar refractivity (Wildman–Crippen MR) is 56.0 cm³/mol. The van der Waals surface area contributed by atoms with E-state index < -0.39 is 0 Å². The summed E-state index contributed by atoms with van der Waals surface area (Å²) >= 11 is 0. The van der Waals surface area contributed by atoms with Gasteiger partial charge in [-0.3, -0.25) is 9.59 Å². The number of nitrogens with one attached hydrogen (secondary N) is 2. The Morgan fingerprint density at radius 3 is 2.21 bits per heavy atom. The highest BCUT2D eigenvalue weighted by molar-refractivity contribution is 5.87. The molecule has 1 amide bonds. The zero-order valence-electron chi connectivity index (χ0n) is 9.39. The zero-order valence-corrected chi connectivity index (χ0v) is 9.39. The molecule has 0 saturated carbocycles. The van der Waals surface area contributed by atoms with Gasteiger partial charge in [0.25, 0.3) is 0 Å². The van der Waals surface area contributed by atoms with Crippen LogP contribution in [0.5, 0.6) is 0 Å². The van der Waals surface area contributed by atoms with Gasteiger partial charge >= 0.3 is 0 Å². The topological polar surface area (TPSA) is 58.2 Å². The van der Waals surface area contributed by atoms with E-state index in [9.17, 15) is 9.59 Å². The number of ketones is 1. The van der Waals surface area contributed by atoms with E-state index in [1.165, 1.54) is 6.92 Å². The Labute approximate surface area is 85.4 Å². The van der Waals surface area contributed by atoms with Crippen molar-refractivity contribution in [2.24, 2.45) is 5.92 Å². The van der Waals surface area contributed by atoms with E-state index in [2.05, 4.69) is 10.6 Å². The number of hydrogen-bond acceptors (Lipinski definition) is 3. The van der Waals surface area contributed by atoms with E-state index in [1.807, 2.05) is 20.8 Å². The highest BCUT2D eigenvalue weighted by Crippen LogP contribution is 2.00. The fraction of sp³-hybridized carbons (Fsp3) is 0.800. The minimum atomic E-state index is -0.209. The van der Waals surface area contributed by atoms with Crippen LogP contribution in [0.1, 0.15) is 27.7 Å². The molecule has 0 aliphatic rings. The third kappa shape index (κ3) is 4.97. The molecule has 0 spiro atoms. The normalized spacial score (nSPS) is 12.6. The molecule has 0 rings (SSSR count). The van der Waals surface area contributed by atoms with Gasteiger partial charge in [-0.2, -0.15) is 0 Å². The molecular formula is C10H20N2O2. The van der Waals surface area contributed by atoms with Gasteiger partial charge in [0.05, 0.1) is 12.6 Å². The van der Waals surface area contributed by atoms with Crippen molar-refractivity contribution in [2.75, 3.05) is 13.1 Å². The summed E-state index contributed by atoms with van der Waals surface area (Å²) < 4.78 is 0. The minimum Gasteiger partial charge on any atom is -0.348 e. The molecule has 14 heavy (non-hydrogen) atoms. The summed E-state index contributed by atoms with van der Waals surface area (Å²) in [5, 5.41) is 5.68. The van der Waals surface area contributed by atoms with Crippen LogP contribution >= 0.6 is 0 Å². The number of carbonyl (C=O) groups is 2. The Bertz CT molecular complexity index is 202. The van der Waals surface area contributed by atoms with E-state index in [4.69, 9.17) is 0 Å². The lowest BCUT2D eigenvalue weighted by atomic mass is 10.0. The Morgan fingerprint density at radius 2 is 1.86 bits per heavy atom. The second-order valence-corrected chi connectivity index (χ2v) is 3.70. The first-order valence-electron chi connectivity index (χ1n) is 4.99. The summed E-state index contributed by atoms with van der Waals surface area (Å²) in [7, 11) is 0. The van der Waals surface area contributed by atoms with Gasteiger partial charge in [-0.25, -0.2) is 0 Å². The molecule has 82 valence electrons. The third-order valence-electron chi connectivity index (χ3n) is 1.88. The van der Waals surface area contributed by atoms with Gasteiger partial charge in [0.2, 0.25) is 5.91 Å². The van der Waals surface area contributed by atoms with Crippen molar-refractivity contribution in [2.45, 2.75) is 33.7 Å². The molecule has 0 aromatic rings. The van der Waals surface area contributed by atoms with Gasteiger partial charge in [-0.1, -0.05) is 20.8 Å². The van der Waals surface area contributed by atoms with Gasteiger partial charge in [0, 0.05) is 0 Å². The first-order valence-corrected chi connectivity index (χ1v) is 4.99. The Morgan fingerprint density at radius 1 is 1.29 bits per heavy atom. The molecular weight excluding hydrogens is 180 g/mol. The molecule has 0 aliphatic carbocycles. The maximum absolute atomic E-state index is 11.6. The van der Waals surface area contributed by atoms with Crippen molar-refractivity contribution in [3.8, 4) is 0 Å². The molecule has 0 radical (unpaired) electrons. The van der Waals surface area contributed by atoms with Gasteiger partial charge in [-0.15, -0.1) is 0 Å². The molecule has 4 nitrogen and oxygen atoms in total. The summed E-state index contributed by atoms with van der Waals surface area (Å²) in [5.41, 5.74) is 0. The maximum atomic E-state index is 11.6. The molecule has 0 heterocycles. The lowest BCUT2D eigenvalue weighted by Crippen LogP contribution is -2.48. The lowest BCUT2D eigenvalue weighted by Gasteiger charge is -2.20. The molecule has 2 N–H and O–H groups in total. The van der Waals surface area contributed by atoms with Crippen LogP contribution in [-0.2, 0) is 9.59 Å². The summed E-state index contributed by atoms with van der Waals surface area (Å²) in [6, 6.07) is -0.209. The first kappa shape index (κ1) is 13.1. The van der Waals surface area contributed by atoms with Crippen molar-refractivity contribution in [3.05, 3.63) is 0 Å². The summed E-state index contributed by atoms with van der Waals surface area (Å²) in [4.78, 5) is 22.2. The monoisotopic (exact) mass is 200 g/mol. The van der Waals surface area contributed by atoms with E-state index in [1.54, 1.807) is 0 Å². The molecule has 0 aromatic heterocycles. The summed E-state index contributed by atoms with van der Waals surface area (Å²) in [5.74, 6) is 0.0938. The van der Waals surface area contributed by atoms with E-state index in [-0.39, 0.29) is 30.2 Å². The van der Waals surface area contributed by atoms with Crippen LogP contribution in [0.3, 0.4) is 0 Å². The molecule has 0 saturated heterocycles. The van der Waals surface area contributed by atoms with Gasteiger partial charge in [0.15, 0.2) is 0 Å². The van der Waals surface area contributed by atoms with E-state index >= 15 is 0 Å². The van der Waals surface area contributed by atoms with Crippen LogP contribution in [0.4, 0.5) is 0 Å². The smallest absolute Gasteiger partial charge is 0.237 e. The SMILES string of the molecule is CCNC(C(=O)NCC(C)=O)C(C)C. The maximum Gasteiger partial charge on any atom is 0.237 e. The standard InChI is InChI=1S/C10H20N2O2/c1-5-11-9(7(2)3)10(14)12-6-8(4)13/h7,9,11H,5-6H2,1-4H3,(H,12,14). The highest BCUT2D eigenvalue weighted by Gasteiger charge is 2.20. The van der Waals surface area contributed by atoms with E-state index in [0.29, 0.717) is 0 Å². The number of hydrogen-bond donors (Lipinski definition) is 2. The Balaban J connectivity index is 4.08. The number of rotatable bonds is 6. The number of amides is 1. The molecule has 0 fully saturated rings. The van der Waals surface area contributed by atoms with Crippen LogP contribution in [0.15, 0.2) is 0 Å². The minimum absolute atomic E-state index is 0.0302. The average Bonchev–Trinajstić information content (AvgIpc) is 2.09. The average molecular weight is 200 g/mol. The third-order valence-corrected chi connectivity index (χ3v) is 1.88. The zero-order chi connectivity index (χ0) is 11.1. The Hall–Kier alpha value is -0.900. The largest absolute Gasteiger partial charge is 0.348 e. The molecule has 0 bridgehead atoms. The lowest BCUT2D eigenvalue weighted by molar-refractivity contribution is -0.126. The van der Waals surface area contributed by atoms with Crippen molar-refractivity contribution in [1.29, 1.82) is 0 Å².